The molecule has 0 bridgehead atoms. The van der Waals surface area contributed by atoms with Crippen LogP contribution < -0.4 is 10.6 Å². The van der Waals surface area contributed by atoms with E-state index < -0.39 is 0 Å². The molecular weight excluding hydrogens is 226 g/mol. The Labute approximate surface area is 108 Å². The number of amides is 1. The summed E-state index contributed by atoms with van der Waals surface area (Å²) in [5, 5.41) is 6.29. The molecule has 0 spiro atoms. The van der Waals surface area contributed by atoms with Crippen LogP contribution in [-0.4, -0.2) is 43.5 Å². The van der Waals surface area contributed by atoms with Crippen molar-refractivity contribution in [1.82, 2.24) is 10.2 Å². The van der Waals surface area contributed by atoms with Crippen LogP contribution in [0.3, 0.4) is 0 Å². The first-order valence-electron chi connectivity index (χ1n) is 6.37. The van der Waals surface area contributed by atoms with Crippen molar-refractivity contribution in [3.63, 3.8) is 0 Å². The van der Waals surface area contributed by atoms with Crippen molar-refractivity contribution in [1.29, 1.82) is 0 Å². The van der Waals surface area contributed by atoms with Crippen molar-refractivity contribution in [3.8, 4) is 0 Å². The summed E-state index contributed by atoms with van der Waals surface area (Å²) in [5.41, 5.74) is 3.17. The Balaban J connectivity index is 2.08. The summed E-state index contributed by atoms with van der Waals surface area (Å²) in [6.45, 7) is 6.61. The average Bonchev–Trinajstić information content (AvgIpc) is 2.34. The number of anilines is 1. The summed E-state index contributed by atoms with van der Waals surface area (Å²) in [7, 11) is 1.99. The fourth-order valence-corrected chi connectivity index (χ4v) is 2.19. The highest BCUT2D eigenvalue weighted by atomic mass is 16.2. The number of likely N-dealkylation sites (N-methyl/N-ethyl adjacent to an activating group) is 1. The van der Waals surface area contributed by atoms with Gasteiger partial charge in [0.05, 0.1) is 0 Å². The highest BCUT2D eigenvalue weighted by molar-refractivity contribution is 5.95. The number of carbonyl (C=O) groups is 1. The number of hydrogen-bond acceptors (Lipinski definition) is 3. The minimum Gasteiger partial charge on any atom is -0.324 e. The minimum atomic E-state index is -0.0846. The summed E-state index contributed by atoms with van der Waals surface area (Å²) in [6, 6.07) is 6.02. The van der Waals surface area contributed by atoms with E-state index in [9.17, 15) is 4.79 Å². The van der Waals surface area contributed by atoms with Gasteiger partial charge in [-0.25, -0.2) is 0 Å². The highest BCUT2D eigenvalue weighted by Gasteiger charge is 2.25. The zero-order chi connectivity index (χ0) is 13.1. The van der Waals surface area contributed by atoms with Crippen LogP contribution in [0.1, 0.15) is 11.1 Å². The van der Waals surface area contributed by atoms with Gasteiger partial charge in [0.2, 0.25) is 5.91 Å². The van der Waals surface area contributed by atoms with Gasteiger partial charge in [-0.05, 0) is 38.1 Å². The van der Waals surface area contributed by atoms with E-state index in [1.54, 1.807) is 0 Å². The Hall–Kier alpha value is -1.39. The SMILES string of the molecule is Cc1ccc(C)c(NC(=O)C2CNCCN2C)c1. The highest BCUT2D eigenvalue weighted by Crippen LogP contribution is 2.17. The Bertz CT molecular complexity index is 445. The topological polar surface area (TPSA) is 44.4 Å². The Morgan fingerprint density at radius 1 is 1.44 bits per heavy atom. The molecular formula is C14H21N3O. The molecule has 2 rings (SSSR count). The maximum absolute atomic E-state index is 12.2. The van der Waals surface area contributed by atoms with Crippen molar-refractivity contribution >= 4 is 11.6 Å². The minimum absolute atomic E-state index is 0.0680. The molecule has 1 unspecified atom stereocenters. The molecule has 4 nitrogen and oxygen atoms in total. The van der Waals surface area contributed by atoms with Gasteiger partial charge in [-0.3, -0.25) is 9.69 Å². The molecule has 1 saturated heterocycles. The van der Waals surface area contributed by atoms with Gasteiger partial charge in [-0.1, -0.05) is 12.1 Å². The molecule has 18 heavy (non-hydrogen) atoms. The monoisotopic (exact) mass is 247 g/mol. The van der Waals surface area contributed by atoms with Gasteiger partial charge in [0, 0.05) is 25.3 Å². The first-order chi connectivity index (χ1) is 8.58. The van der Waals surface area contributed by atoms with Gasteiger partial charge in [0.15, 0.2) is 0 Å². The lowest BCUT2D eigenvalue weighted by atomic mass is 10.1. The van der Waals surface area contributed by atoms with Crippen LogP contribution in [0.25, 0.3) is 0 Å². The number of piperazine rings is 1. The largest absolute Gasteiger partial charge is 0.324 e. The predicted molar refractivity (Wildman–Crippen MR) is 73.8 cm³/mol. The van der Waals surface area contributed by atoms with Crippen molar-refractivity contribution in [2.45, 2.75) is 19.9 Å². The van der Waals surface area contributed by atoms with Crippen molar-refractivity contribution in [2.75, 3.05) is 32.0 Å². The third-order valence-electron chi connectivity index (χ3n) is 3.46. The summed E-state index contributed by atoms with van der Waals surface area (Å²) in [5.74, 6) is 0.0680. The smallest absolute Gasteiger partial charge is 0.243 e. The van der Waals surface area contributed by atoms with Crippen LogP contribution in [0, 0.1) is 13.8 Å². The summed E-state index contributed by atoms with van der Waals surface area (Å²) in [6.07, 6.45) is 0. The van der Waals surface area contributed by atoms with Crippen molar-refractivity contribution < 1.29 is 4.79 Å². The Morgan fingerprint density at radius 3 is 2.94 bits per heavy atom. The molecule has 1 aromatic rings. The van der Waals surface area contributed by atoms with E-state index in [4.69, 9.17) is 0 Å². The molecule has 4 heteroatoms. The molecule has 98 valence electrons. The number of rotatable bonds is 2. The molecule has 1 fully saturated rings. The van der Waals surface area contributed by atoms with Crippen LogP contribution in [0.5, 0.6) is 0 Å². The number of carbonyl (C=O) groups excluding carboxylic acids is 1. The summed E-state index contributed by atoms with van der Waals surface area (Å²) >= 11 is 0. The number of nitrogens with one attached hydrogen (secondary N) is 2. The number of benzene rings is 1. The Kier molecular flexibility index (Phi) is 3.99. The molecule has 0 aliphatic carbocycles. The lowest BCUT2D eigenvalue weighted by Gasteiger charge is -2.32. The fraction of sp³-hybridized carbons (Fsp3) is 0.500. The Morgan fingerprint density at radius 2 is 2.22 bits per heavy atom. The summed E-state index contributed by atoms with van der Waals surface area (Å²) in [4.78, 5) is 14.3. The first kappa shape index (κ1) is 13.1. The second-order valence-electron chi connectivity index (χ2n) is 5.01. The quantitative estimate of drug-likeness (QED) is 0.824. The van der Waals surface area contributed by atoms with Crippen LogP contribution >= 0.6 is 0 Å². The molecule has 1 heterocycles. The molecule has 1 atom stereocenters. The third kappa shape index (κ3) is 2.89. The molecule has 1 aromatic carbocycles. The van der Waals surface area contributed by atoms with Gasteiger partial charge in [-0.2, -0.15) is 0 Å². The van der Waals surface area contributed by atoms with E-state index in [1.165, 1.54) is 0 Å². The van der Waals surface area contributed by atoms with E-state index in [2.05, 4.69) is 21.6 Å². The maximum Gasteiger partial charge on any atom is 0.243 e. The molecule has 1 amide bonds. The third-order valence-corrected chi connectivity index (χ3v) is 3.46. The van der Waals surface area contributed by atoms with E-state index in [0.717, 1.165) is 29.9 Å². The van der Waals surface area contributed by atoms with Gasteiger partial charge in [-0.15, -0.1) is 0 Å². The summed E-state index contributed by atoms with van der Waals surface area (Å²) < 4.78 is 0. The van der Waals surface area contributed by atoms with Gasteiger partial charge in [0.1, 0.15) is 6.04 Å². The second kappa shape index (κ2) is 5.50. The molecule has 0 aromatic heterocycles. The molecule has 0 radical (unpaired) electrons. The van der Waals surface area contributed by atoms with Gasteiger partial charge in [0.25, 0.3) is 0 Å². The standard InChI is InChI=1S/C14H21N3O/c1-10-4-5-11(2)12(8-10)16-14(18)13-9-15-6-7-17(13)3/h4-5,8,13,15H,6-7,9H2,1-3H3,(H,16,18). The lowest BCUT2D eigenvalue weighted by Crippen LogP contribution is -2.54. The first-order valence-corrected chi connectivity index (χ1v) is 6.37. The predicted octanol–water partition coefficient (Wildman–Crippen LogP) is 1.15. The van der Waals surface area contributed by atoms with Crippen molar-refractivity contribution in [3.05, 3.63) is 29.3 Å². The van der Waals surface area contributed by atoms with E-state index in [1.807, 2.05) is 33.0 Å². The van der Waals surface area contributed by atoms with Crippen LogP contribution in [-0.2, 0) is 4.79 Å². The van der Waals surface area contributed by atoms with Gasteiger partial charge < -0.3 is 10.6 Å². The fourth-order valence-electron chi connectivity index (χ4n) is 2.19. The van der Waals surface area contributed by atoms with Crippen LogP contribution in [0.2, 0.25) is 0 Å². The molecule has 1 aliphatic rings. The lowest BCUT2D eigenvalue weighted by molar-refractivity contribution is -0.121. The van der Waals surface area contributed by atoms with Gasteiger partial charge >= 0.3 is 0 Å². The normalized spacial score (nSPS) is 20.7. The van der Waals surface area contributed by atoms with E-state index >= 15 is 0 Å². The number of aryl methyl sites for hydroxylation is 2. The van der Waals surface area contributed by atoms with Crippen LogP contribution in [0.4, 0.5) is 5.69 Å². The molecule has 2 N–H and O–H groups in total. The number of hydrogen-bond donors (Lipinski definition) is 2. The molecule has 1 aliphatic heterocycles. The van der Waals surface area contributed by atoms with Crippen molar-refractivity contribution in [2.24, 2.45) is 0 Å². The zero-order valence-electron chi connectivity index (χ0n) is 11.3. The van der Waals surface area contributed by atoms with E-state index in [0.29, 0.717) is 6.54 Å². The van der Waals surface area contributed by atoms with Crippen LogP contribution in [0.15, 0.2) is 18.2 Å². The maximum atomic E-state index is 12.2. The average molecular weight is 247 g/mol. The second-order valence-corrected chi connectivity index (χ2v) is 5.01. The van der Waals surface area contributed by atoms with E-state index in [-0.39, 0.29) is 11.9 Å². The molecule has 0 saturated carbocycles. The zero-order valence-corrected chi connectivity index (χ0v) is 11.3. The number of nitrogens with zero attached hydrogens (tertiary/aromatic N) is 1.